The molecular weight excluding hydrogens is 324 g/mol. The highest BCUT2D eigenvalue weighted by molar-refractivity contribution is 7.91. The number of carboxylic acids is 1. The van der Waals surface area contributed by atoms with Crippen molar-refractivity contribution in [1.29, 1.82) is 0 Å². The Hall–Kier alpha value is -1.77. The average Bonchev–Trinajstić information content (AvgIpc) is 2.93. The molecule has 22 heavy (non-hydrogen) atoms. The van der Waals surface area contributed by atoms with E-state index in [9.17, 15) is 13.2 Å². The lowest BCUT2D eigenvalue weighted by Gasteiger charge is -2.32. The molecule has 0 aliphatic heterocycles. The first kappa shape index (κ1) is 15.1. The zero-order chi connectivity index (χ0) is 15.7. The van der Waals surface area contributed by atoms with E-state index in [1.165, 1.54) is 6.20 Å². The third-order valence-electron chi connectivity index (χ3n) is 3.58. The van der Waals surface area contributed by atoms with Crippen molar-refractivity contribution in [1.82, 2.24) is 9.71 Å². The van der Waals surface area contributed by atoms with Gasteiger partial charge in [-0.2, -0.15) is 0 Å². The molecule has 1 aliphatic carbocycles. The maximum atomic E-state index is 12.3. The summed E-state index contributed by atoms with van der Waals surface area (Å²) in [6.45, 7) is 0. The molecule has 6 nitrogen and oxygen atoms in total. The van der Waals surface area contributed by atoms with Gasteiger partial charge in [0.1, 0.15) is 5.01 Å². The maximum absolute atomic E-state index is 12.3. The Balaban J connectivity index is 1.71. The topological polar surface area (TPSA) is 96.4 Å². The molecule has 3 rings (SSSR count). The van der Waals surface area contributed by atoms with E-state index in [0.29, 0.717) is 17.8 Å². The molecule has 0 bridgehead atoms. The lowest BCUT2D eigenvalue weighted by Crippen LogP contribution is -2.46. The molecule has 8 heteroatoms. The number of carboxylic acid groups (broad SMARTS) is 1. The van der Waals surface area contributed by atoms with E-state index in [1.54, 1.807) is 0 Å². The molecule has 0 spiro atoms. The van der Waals surface area contributed by atoms with Crippen molar-refractivity contribution in [2.75, 3.05) is 0 Å². The smallest absolute Gasteiger partial charge is 0.306 e. The van der Waals surface area contributed by atoms with Gasteiger partial charge in [-0.1, -0.05) is 30.3 Å². The van der Waals surface area contributed by atoms with Gasteiger partial charge in [-0.25, -0.2) is 18.1 Å². The van der Waals surface area contributed by atoms with Crippen LogP contribution in [-0.4, -0.2) is 30.5 Å². The van der Waals surface area contributed by atoms with Gasteiger partial charge in [-0.3, -0.25) is 4.79 Å². The first-order chi connectivity index (χ1) is 10.5. The number of nitrogens with one attached hydrogen (secondary N) is 1. The van der Waals surface area contributed by atoms with Crippen molar-refractivity contribution in [2.45, 2.75) is 23.1 Å². The van der Waals surface area contributed by atoms with E-state index in [0.717, 1.165) is 16.9 Å². The number of rotatable bonds is 5. The highest BCUT2D eigenvalue weighted by Gasteiger charge is 2.37. The Labute approximate surface area is 131 Å². The fraction of sp³-hybridized carbons (Fsp3) is 0.286. The fourth-order valence-electron chi connectivity index (χ4n) is 2.29. The fourth-order valence-corrected chi connectivity index (χ4v) is 4.71. The molecule has 1 aliphatic rings. The van der Waals surface area contributed by atoms with Crippen LogP contribution >= 0.6 is 11.3 Å². The SMILES string of the molecule is O=C(O)C1CC(NS(=O)(=O)c2cnc(-c3ccccc3)s2)C1. The number of nitrogens with zero attached hydrogens (tertiary/aromatic N) is 1. The molecule has 0 radical (unpaired) electrons. The van der Waals surface area contributed by atoms with Crippen LogP contribution < -0.4 is 4.72 Å². The number of carbonyl (C=O) groups is 1. The van der Waals surface area contributed by atoms with Crippen molar-refractivity contribution in [3.63, 3.8) is 0 Å². The molecule has 0 saturated heterocycles. The Morgan fingerprint density at radius 1 is 1.27 bits per heavy atom. The molecular formula is C14H14N2O4S2. The van der Waals surface area contributed by atoms with Gasteiger partial charge < -0.3 is 5.11 Å². The zero-order valence-corrected chi connectivity index (χ0v) is 13.1. The summed E-state index contributed by atoms with van der Waals surface area (Å²) in [5.41, 5.74) is 0.864. The van der Waals surface area contributed by atoms with Gasteiger partial charge in [0.05, 0.1) is 12.1 Å². The summed E-state index contributed by atoms with van der Waals surface area (Å²) in [6.07, 6.45) is 2.00. The zero-order valence-electron chi connectivity index (χ0n) is 11.5. The lowest BCUT2D eigenvalue weighted by molar-refractivity contribution is -0.145. The molecule has 2 aromatic rings. The number of benzene rings is 1. The van der Waals surface area contributed by atoms with E-state index in [2.05, 4.69) is 9.71 Å². The second kappa shape index (κ2) is 5.79. The van der Waals surface area contributed by atoms with Crippen LogP contribution in [0, 0.1) is 5.92 Å². The third kappa shape index (κ3) is 3.03. The summed E-state index contributed by atoms with van der Waals surface area (Å²) in [4.78, 5) is 14.9. The van der Waals surface area contributed by atoms with Gasteiger partial charge in [0.2, 0.25) is 0 Å². The van der Waals surface area contributed by atoms with Crippen molar-refractivity contribution < 1.29 is 18.3 Å². The summed E-state index contributed by atoms with van der Waals surface area (Å²) >= 11 is 1.10. The van der Waals surface area contributed by atoms with Crippen LogP contribution in [0.3, 0.4) is 0 Å². The standard InChI is InChI=1S/C14H14N2O4S2/c17-14(18)10-6-11(7-10)16-22(19,20)12-8-15-13(21-12)9-4-2-1-3-5-9/h1-5,8,10-11,16H,6-7H2,(H,17,18). The van der Waals surface area contributed by atoms with Crippen LogP contribution in [0.15, 0.2) is 40.7 Å². The molecule has 0 atom stereocenters. The van der Waals surface area contributed by atoms with Crippen molar-refractivity contribution in [3.8, 4) is 10.6 Å². The van der Waals surface area contributed by atoms with Gasteiger partial charge in [-0.05, 0) is 12.8 Å². The first-order valence-electron chi connectivity index (χ1n) is 6.72. The van der Waals surface area contributed by atoms with Crippen LogP contribution in [0.25, 0.3) is 10.6 Å². The minimum atomic E-state index is -3.64. The molecule has 2 N–H and O–H groups in total. The number of sulfonamides is 1. The highest BCUT2D eigenvalue weighted by atomic mass is 32.2. The van der Waals surface area contributed by atoms with Crippen LogP contribution in [0.1, 0.15) is 12.8 Å². The molecule has 1 fully saturated rings. The van der Waals surface area contributed by atoms with Crippen molar-refractivity contribution in [3.05, 3.63) is 36.5 Å². The Kier molecular flexibility index (Phi) is 3.98. The Bertz CT molecular complexity index is 780. The van der Waals surface area contributed by atoms with E-state index < -0.39 is 21.9 Å². The van der Waals surface area contributed by atoms with Gasteiger partial charge in [0, 0.05) is 11.6 Å². The number of hydrogen-bond donors (Lipinski definition) is 2. The van der Waals surface area contributed by atoms with E-state index in [1.807, 2.05) is 30.3 Å². The van der Waals surface area contributed by atoms with E-state index >= 15 is 0 Å². The van der Waals surface area contributed by atoms with Crippen LogP contribution in [0.5, 0.6) is 0 Å². The largest absolute Gasteiger partial charge is 0.481 e. The summed E-state index contributed by atoms with van der Waals surface area (Å²) in [6, 6.07) is 9.03. The van der Waals surface area contributed by atoms with Crippen LogP contribution in [0.4, 0.5) is 0 Å². The first-order valence-corrected chi connectivity index (χ1v) is 9.02. The second-order valence-corrected chi connectivity index (χ2v) is 8.15. The summed E-state index contributed by atoms with van der Waals surface area (Å²) in [7, 11) is -3.64. The average molecular weight is 338 g/mol. The monoisotopic (exact) mass is 338 g/mol. The molecule has 1 heterocycles. The number of thiazole rings is 1. The molecule has 1 aromatic carbocycles. The third-order valence-corrected chi connectivity index (χ3v) is 6.61. The van der Waals surface area contributed by atoms with Crippen molar-refractivity contribution >= 4 is 27.3 Å². The minimum absolute atomic E-state index is 0.144. The highest BCUT2D eigenvalue weighted by Crippen LogP contribution is 2.31. The van der Waals surface area contributed by atoms with Gasteiger partial charge in [0.15, 0.2) is 4.21 Å². The Morgan fingerprint density at radius 3 is 2.59 bits per heavy atom. The van der Waals surface area contributed by atoms with E-state index in [-0.39, 0.29) is 10.3 Å². The molecule has 1 aromatic heterocycles. The minimum Gasteiger partial charge on any atom is -0.481 e. The Morgan fingerprint density at radius 2 is 1.95 bits per heavy atom. The molecule has 0 unspecified atom stereocenters. The van der Waals surface area contributed by atoms with Gasteiger partial charge in [-0.15, -0.1) is 11.3 Å². The molecule has 116 valence electrons. The van der Waals surface area contributed by atoms with E-state index in [4.69, 9.17) is 5.11 Å². The number of aliphatic carboxylic acids is 1. The lowest BCUT2D eigenvalue weighted by atomic mass is 9.81. The predicted octanol–water partition coefficient (Wildman–Crippen LogP) is 1.95. The summed E-state index contributed by atoms with van der Waals surface area (Å²) in [5.74, 6) is -1.33. The van der Waals surface area contributed by atoms with Gasteiger partial charge >= 0.3 is 5.97 Å². The second-order valence-electron chi connectivity index (χ2n) is 5.18. The van der Waals surface area contributed by atoms with Gasteiger partial charge in [0.25, 0.3) is 10.0 Å². The van der Waals surface area contributed by atoms with Crippen molar-refractivity contribution in [2.24, 2.45) is 5.92 Å². The van der Waals surface area contributed by atoms with Crippen LogP contribution in [-0.2, 0) is 14.8 Å². The summed E-state index contributed by atoms with van der Waals surface area (Å²) < 4.78 is 27.2. The van der Waals surface area contributed by atoms with Crippen LogP contribution in [0.2, 0.25) is 0 Å². The molecule has 1 saturated carbocycles. The summed E-state index contributed by atoms with van der Waals surface area (Å²) in [5, 5.41) is 9.45. The maximum Gasteiger partial charge on any atom is 0.306 e. The molecule has 0 amide bonds. The quantitative estimate of drug-likeness (QED) is 0.868. The predicted molar refractivity (Wildman–Crippen MR) is 82.0 cm³/mol. The normalized spacial score (nSPS) is 21.3. The number of aromatic nitrogens is 1. The number of hydrogen-bond acceptors (Lipinski definition) is 5.